The summed E-state index contributed by atoms with van der Waals surface area (Å²) in [5.74, 6) is -0.758. The molecule has 0 amide bonds. The number of aliphatic imine (C=N–C) groups is 1. The topological polar surface area (TPSA) is 101 Å². The largest absolute Gasteiger partial charge is 0.433 e. The van der Waals surface area contributed by atoms with Gasteiger partial charge in [-0.1, -0.05) is 0 Å². The minimum atomic E-state index is -4.73. The van der Waals surface area contributed by atoms with Crippen molar-refractivity contribution in [1.82, 2.24) is 10.5 Å². The van der Waals surface area contributed by atoms with Gasteiger partial charge in [0.05, 0.1) is 4.92 Å². The highest BCUT2D eigenvalue weighted by atomic mass is 19.4. The van der Waals surface area contributed by atoms with Crippen LogP contribution in [0.4, 0.5) is 24.7 Å². The standard InChI is InChI=1S/C7H5F3N4O3/c8-7(9,10)5-2-1-4(14(16)17)6(13-5)11-3-12-15/h1-3,15H,(H,11,12,13). The first-order valence-corrected chi connectivity index (χ1v) is 4.01. The summed E-state index contributed by atoms with van der Waals surface area (Å²) >= 11 is 0. The smallest absolute Gasteiger partial charge is 0.290 e. The fourth-order valence-corrected chi connectivity index (χ4v) is 0.926. The molecule has 0 fully saturated rings. The second kappa shape index (κ2) is 4.74. The molecule has 0 aromatic carbocycles. The van der Waals surface area contributed by atoms with E-state index in [1.54, 1.807) is 0 Å². The summed E-state index contributed by atoms with van der Waals surface area (Å²) in [5.41, 5.74) is -0.611. The van der Waals surface area contributed by atoms with E-state index in [4.69, 9.17) is 5.21 Å². The Bertz CT molecular complexity index is 460. The molecule has 0 radical (unpaired) electrons. The van der Waals surface area contributed by atoms with Gasteiger partial charge in [0.15, 0.2) is 0 Å². The predicted molar refractivity (Wildman–Crippen MR) is 49.0 cm³/mol. The van der Waals surface area contributed by atoms with Crippen LogP contribution in [0.25, 0.3) is 0 Å². The zero-order valence-electron chi connectivity index (χ0n) is 7.97. The van der Waals surface area contributed by atoms with Gasteiger partial charge >= 0.3 is 11.9 Å². The molecular weight excluding hydrogens is 245 g/mol. The summed E-state index contributed by atoms with van der Waals surface area (Å²) in [6.45, 7) is 0. The molecule has 0 saturated carbocycles. The van der Waals surface area contributed by atoms with Gasteiger partial charge < -0.3 is 0 Å². The van der Waals surface area contributed by atoms with Gasteiger partial charge in [-0.15, -0.1) is 0 Å². The molecule has 1 rings (SSSR count). The monoisotopic (exact) mass is 250 g/mol. The second-order valence-electron chi connectivity index (χ2n) is 2.68. The summed E-state index contributed by atoms with van der Waals surface area (Å²) in [5, 5.41) is 18.6. The number of hydrogen-bond donors (Lipinski definition) is 2. The van der Waals surface area contributed by atoms with Crippen LogP contribution in [-0.4, -0.2) is 21.5 Å². The van der Waals surface area contributed by atoms with Crippen molar-refractivity contribution in [1.29, 1.82) is 0 Å². The van der Waals surface area contributed by atoms with E-state index < -0.39 is 28.3 Å². The third-order valence-corrected chi connectivity index (χ3v) is 1.59. The Hall–Kier alpha value is -2.23. The predicted octanol–water partition coefficient (Wildman–Crippen LogP) is 1.65. The number of rotatable bonds is 3. The lowest BCUT2D eigenvalue weighted by Gasteiger charge is -2.05. The van der Waals surface area contributed by atoms with Crippen LogP contribution >= 0.6 is 0 Å². The van der Waals surface area contributed by atoms with Crippen LogP contribution in [0.1, 0.15) is 5.69 Å². The van der Waals surface area contributed by atoms with Gasteiger partial charge in [-0.25, -0.2) is 9.98 Å². The Labute approximate surface area is 91.7 Å². The molecule has 0 aliphatic carbocycles. The molecule has 1 aromatic rings. The Kier molecular flexibility index (Phi) is 3.58. The second-order valence-corrected chi connectivity index (χ2v) is 2.68. The molecule has 7 nitrogen and oxygen atoms in total. The summed E-state index contributed by atoms with van der Waals surface area (Å²) < 4.78 is 36.8. The highest BCUT2D eigenvalue weighted by Crippen LogP contribution is 2.32. The Morgan fingerprint density at radius 1 is 1.53 bits per heavy atom. The Morgan fingerprint density at radius 3 is 2.65 bits per heavy atom. The lowest BCUT2D eigenvalue weighted by molar-refractivity contribution is -0.384. The molecule has 0 bridgehead atoms. The first-order valence-electron chi connectivity index (χ1n) is 4.01. The van der Waals surface area contributed by atoms with E-state index in [2.05, 4.69) is 9.98 Å². The Morgan fingerprint density at radius 2 is 2.18 bits per heavy atom. The fourth-order valence-electron chi connectivity index (χ4n) is 0.926. The first kappa shape index (κ1) is 12.8. The molecule has 0 spiro atoms. The van der Waals surface area contributed by atoms with Gasteiger partial charge in [-0.2, -0.15) is 13.2 Å². The minimum Gasteiger partial charge on any atom is -0.290 e. The SMILES string of the molecule is O=[N+]([O-])c1ccc(C(F)(F)F)nc1N=CNO. The first-order chi connectivity index (χ1) is 7.86. The maximum Gasteiger partial charge on any atom is 0.433 e. The summed E-state index contributed by atoms with van der Waals surface area (Å²) in [4.78, 5) is 15.7. The van der Waals surface area contributed by atoms with Crippen molar-refractivity contribution in [2.24, 2.45) is 4.99 Å². The van der Waals surface area contributed by atoms with Crippen LogP contribution in [0, 0.1) is 10.1 Å². The summed E-state index contributed by atoms with van der Waals surface area (Å²) in [6, 6.07) is 1.11. The molecule has 92 valence electrons. The molecular formula is C7H5F3N4O3. The van der Waals surface area contributed by atoms with Crippen molar-refractivity contribution in [2.75, 3.05) is 0 Å². The molecule has 0 saturated heterocycles. The summed E-state index contributed by atoms with van der Waals surface area (Å²) in [7, 11) is 0. The van der Waals surface area contributed by atoms with Crippen LogP contribution < -0.4 is 5.48 Å². The maximum absolute atomic E-state index is 12.3. The van der Waals surface area contributed by atoms with Crippen molar-refractivity contribution < 1.29 is 23.3 Å². The molecule has 1 aromatic heterocycles. The van der Waals surface area contributed by atoms with Crippen LogP contribution in [0.5, 0.6) is 0 Å². The van der Waals surface area contributed by atoms with Crippen molar-refractivity contribution in [3.63, 3.8) is 0 Å². The lowest BCUT2D eigenvalue weighted by Crippen LogP contribution is -2.08. The molecule has 17 heavy (non-hydrogen) atoms. The number of hydroxylamine groups is 1. The van der Waals surface area contributed by atoms with E-state index in [9.17, 15) is 23.3 Å². The molecule has 0 atom stereocenters. The zero-order chi connectivity index (χ0) is 13.1. The van der Waals surface area contributed by atoms with Gasteiger partial charge in [-0.3, -0.25) is 20.8 Å². The third-order valence-electron chi connectivity index (χ3n) is 1.59. The number of hydrogen-bond acceptors (Lipinski definition) is 5. The van der Waals surface area contributed by atoms with E-state index in [0.29, 0.717) is 18.5 Å². The molecule has 10 heteroatoms. The summed E-state index contributed by atoms with van der Waals surface area (Å²) in [6.07, 6.45) is -4.17. The molecule has 0 unspecified atom stereocenters. The Balaban J connectivity index is 3.29. The number of nitrogens with one attached hydrogen (secondary N) is 1. The zero-order valence-corrected chi connectivity index (χ0v) is 7.97. The van der Waals surface area contributed by atoms with Crippen LogP contribution in [0.3, 0.4) is 0 Å². The molecule has 1 heterocycles. The average Bonchev–Trinajstić information content (AvgIpc) is 2.24. The third kappa shape index (κ3) is 3.11. The van der Waals surface area contributed by atoms with E-state index in [1.807, 2.05) is 0 Å². The van der Waals surface area contributed by atoms with Gasteiger partial charge in [0.25, 0.3) is 0 Å². The van der Waals surface area contributed by atoms with Crippen molar-refractivity contribution in [3.05, 3.63) is 27.9 Å². The lowest BCUT2D eigenvalue weighted by atomic mass is 10.3. The van der Waals surface area contributed by atoms with Gasteiger partial charge in [0.1, 0.15) is 12.0 Å². The normalized spacial score (nSPS) is 11.8. The van der Waals surface area contributed by atoms with E-state index >= 15 is 0 Å². The van der Waals surface area contributed by atoms with Crippen molar-refractivity contribution >= 4 is 17.8 Å². The van der Waals surface area contributed by atoms with E-state index in [0.717, 1.165) is 0 Å². The molecule has 2 N–H and O–H groups in total. The highest BCUT2D eigenvalue weighted by Gasteiger charge is 2.34. The number of nitrogens with zero attached hydrogens (tertiary/aromatic N) is 3. The van der Waals surface area contributed by atoms with Gasteiger partial charge in [-0.05, 0) is 6.07 Å². The van der Waals surface area contributed by atoms with Crippen molar-refractivity contribution in [2.45, 2.75) is 6.18 Å². The quantitative estimate of drug-likeness (QED) is 0.367. The maximum atomic E-state index is 12.3. The van der Waals surface area contributed by atoms with Gasteiger partial charge in [0.2, 0.25) is 5.82 Å². The van der Waals surface area contributed by atoms with Crippen LogP contribution in [0.15, 0.2) is 17.1 Å². The molecule has 0 aliphatic rings. The van der Waals surface area contributed by atoms with E-state index in [1.165, 1.54) is 5.48 Å². The van der Waals surface area contributed by atoms with E-state index in [-0.39, 0.29) is 0 Å². The van der Waals surface area contributed by atoms with Crippen molar-refractivity contribution in [3.8, 4) is 0 Å². The van der Waals surface area contributed by atoms with Crippen LogP contribution in [0.2, 0.25) is 0 Å². The molecule has 0 aliphatic heterocycles. The minimum absolute atomic E-state index is 0.476. The number of pyridine rings is 1. The fraction of sp³-hybridized carbons (Fsp3) is 0.143. The number of nitro groups is 1. The number of alkyl halides is 3. The highest BCUT2D eigenvalue weighted by molar-refractivity contribution is 5.63. The number of halogens is 3. The number of aromatic nitrogens is 1. The van der Waals surface area contributed by atoms with Crippen LogP contribution in [-0.2, 0) is 6.18 Å². The average molecular weight is 250 g/mol. The van der Waals surface area contributed by atoms with Gasteiger partial charge in [0, 0.05) is 6.07 Å².